The minimum atomic E-state index is -3.98. The Kier molecular flexibility index (Phi) is 17.8. The number of esters is 3. The van der Waals surface area contributed by atoms with Crippen molar-refractivity contribution in [2.24, 2.45) is 5.41 Å². The summed E-state index contributed by atoms with van der Waals surface area (Å²) < 4.78 is 46.0. The maximum absolute atomic E-state index is 13.0. The van der Waals surface area contributed by atoms with Gasteiger partial charge in [0.1, 0.15) is 18.6 Å². The summed E-state index contributed by atoms with van der Waals surface area (Å²) in [5.74, 6) is -2.28. The molecule has 0 spiro atoms. The molecule has 0 bridgehead atoms. The van der Waals surface area contributed by atoms with E-state index in [-0.39, 0.29) is 72.7 Å². The first-order valence-electron chi connectivity index (χ1n) is 10.6. The number of hydrogen-bond acceptors (Lipinski definition) is 8. The van der Waals surface area contributed by atoms with Crippen molar-refractivity contribution in [3.05, 3.63) is 24.3 Å². The monoisotopic (exact) mass is 500 g/mol. The molecule has 0 aromatic carbocycles. The zero-order valence-electron chi connectivity index (χ0n) is 19.3. The van der Waals surface area contributed by atoms with Crippen molar-refractivity contribution in [2.45, 2.75) is 65.7 Å². The predicted molar refractivity (Wildman–Crippen MR) is 126 cm³/mol. The van der Waals surface area contributed by atoms with Gasteiger partial charge in [-0.25, -0.2) is 9.59 Å². The second kappa shape index (κ2) is 17.3. The van der Waals surface area contributed by atoms with Crippen molar-refractivity contribution < 1.29 is 41.6 Å². The van der Waals surface area contributed by atoms with Crippen molar-refractivity contribution in [1.29, 1.82) is 0 Å². The minimum absolute atomic E-state index is 0. The molecule has 0 aliphatic rings. The van der Waals surface area contributed by atoms with Crippen LogP contribution in [0.25, 0.3) is 0 Å². The molecule has 0 aliphatic heterocycles. The van der Waals surface area contributed by atoms with Gasteiger partial charge in [-0.2, -0.15) is 8.42 Å². The van der Waals surface area contributed by atoms with E-state index >= 15 is 0 Å². The van der Waals surface area contributed by atoms with E-state index in [0.717, 1.165) is 6.42 Å². The number of unbranched alkanes of at least 4 members (excludes halogenated alkanes) is 4. The van der Waals surface area contributed by atoms with E-state index in [1.54, 1.807) is 0 Å². The molecule has 11 heteroatoms. The molecular weight excluding hydrogens is 463 g/mol. The molecule has 1 N–H and O–H groups in total. The van der Waals surface area contributed by atoms with Gasteiger partial charge in [0, 0.05) is 11.1 Å². The fourth-order valence-electron chi connectivity index (χ4n) is 2.63. The van der Waals surface area contributed by atoms with Crippen LogP contribution in [-0.2, 0) is 38.7 Å². The molecule has 0 saturated carbocycles. The Morgan fingerprint density at radius 3 is 1.76 bits per heavy atom. The Balaban J connectivity index is 0. The van der Waals surface area contributed by atoms with E-state index in [0.29, 0.717) is 32.1 Å². The quantitative estimate of drug-likeness (QED) is 0.0799. The second-order valence-corrected chi connectivity index (χ2v) is 9.51. The fraction of sp³-hybridized carbons (Fsp3) is 0.682. The summed E-state index contributed by atoms with van der Waals surface area (Å²) in [5.41, 5.74) is -1.02. The summed E-state index contributed by atoms with van der Waals surface area (Å²) in [4.78, 5) is 36.8. The molecule has 9 nitrogen and oxygen atoms in total. The molecule has 0 fully saturated rings. The van der Waals surface area contributed by atoms with Gasteiger partial charge in [0.15, 0.2) is 0 Å². The third kappa shape index (κ3) is 15.3. The standard InChI is InChI=1S/C22H36O9S.Na.H/c1-6-7-12-22(15-30-19(23)17(2)3,16-31-20(24)18(4)5)21(25)29-13-10-8-9-11-14-32(26,27)28;;/h2,4,6-16H2,1,3,5H3,(H,26,27,28);;. The first kappa shape index (κ1) is 34.0. The van der Waals surface area contributed by atoms with E-state index in [1.165, 1.54) is 13.8 Å². The topological polar surface area (TPSA) is 133 Å². The zero-order valence-corrected chi connectivity index (χ0v) is 20.1. The van der Waals surface area contributed by atoms with Gasteiger partial charge in [0.05, 0.1) is 12.4 Å². The molecule has 0 heterocycles. The van der Waals surface area contributed by atoms with Crippen molar-refractivity contribution in [3.8, 4) is 0 Å². The summed E-state index contributed by atoms with van der Waals surface area (Å²) >= 11 is 0. The molecule has 0 rings (SSSR count). The first-order valence-corrected chi connectivity index (χ1v) is 12.2. The Bertz CT molecular complexity index is 745. The van der Waals surface area contributed by atoms with Crippen LogP contribution in [0.15, 0.2) is 24.3 Å². The van der Waals surface area contributed by atoms with Crippen LogP contribution in [0.2, 0.25) is 0 Å². The number of carbonyl (C=O) groups excluding carboxylic acids is 3. The Labute approximate surface area is 219 Å². The van der Waals surface area contributed by atoms with Crippen LogP contribution in [0.1, 0.15) is 65.7 Å². The van der Waals surface area contributed by atoms with Gasteiger partial charge in [0.25, 0.3) is 10.1 Å². The van der Waals surface area contributed by atoms with Crippen LogP contribution in [0.4, 0.5) is 0 Å². The van der Waals surface area contributed by atoms with Gasteiger partial charge in [-0.1, -0.05) is 45.8 Å². The number of rotatable bonds is 17. The average Bonchev–Trinajstić information content (AvgIpc) is 2.70. The molecular formula is C22H37NaO9S. The molecule has 0 aliphatic carbocycles. The van der Waals surface area contributed by atoms with Gasteiger partial charge >= 0.3 is 47.5 Å². The normalized spacial score (nSPS) is 11.2. The van der Waals surface area contributed by atoms with Gasteiger partial charge in [-0.15, -0.1) is 0 Å². The van der Waals surface area contributed by atoms with Crippen LogP contribution in [0, 0.1) is 5.41 Å². The second-order valence-electron chi connectivity index (χ2n) is 7.93. The van der Waals surface area contributed by atoms with Crippen LogP contribution < -0.4 is 0 Å². The number of ether oxygens (including phenoxy) is 3. The molecule has 0 amide bonds. The molecule has 186 valence electrons. The third-order valence-electron chi connectivity index (χ3n) is 4.63. The van der Waals surface area contributed by atoms with E-state index in [4.69, 9.17) is 18.8 Å². The van der Waals surface area contributed by atoms with Crippen LogP contribution >= 0.6 is 0 Å². The van der Waals surface area contributed by atoms with Crippen LogP contribution in [-0.4, -0.2) is 86.0 Å². The summed E-state index contributed by atoms with van der Waals surface area (Å²) in [6.45, 7) is 11.4. The summed E-state index contributed by atoms with van der Waals surface area (Å²) in [6.07, 6.45) is 3.58. The third-order valence-corrected chi connectivity index (χ3v) is 5.43. The molecule has 0 aromatic heterocycles. The molecule has 33 heavy (non-hydrogen) atoms. The van der Waals surface area contributed by atoms with Gasteiger partial charge < -0.3 is 14.2 Å². The Morgan fingerprint density at radius 2 is 1.33 bits per heavy atom. The Hall–Kier alpha value is -1.20. The molecule has 0 radical (unpaired) electrons. The predicted octanol–water partition coefficient (Wildman–Crippen LogP) is 2.74. The molecule has 0 unspecified atom stereocenters. The van der Waals surface area contributed by atoms with E-state index in [2.05, 4.69) is 13.2 Å². The van der Waals surface area contributed by atoms with E-state index in [1.807, 2.05) is 6.92 Å². The van der Waals surface area contributed by atoms with Crippen molar-refractivity contribution in [3.63, 3.8) is 0 Å². The van der Waals surface area contributed by atoms with Gasteiger partial charge in [-0.05, 0) is 33.1 Å². The van der Waals surface area contributed by atoms with Gasteiger partial charge in [0.2, 0.25) is 0 Å². The van der Waals surface area contributed by atoms with Crippen molar-refractivity contribution in [2.75, 3.05) is 25.6 Å². The summed E-state index contributed by atoms with van der Waals surface area (Å²) in [6, 6.07) is 0. The summed E-state index contributed by atoms with van der Waals surface area (Å²) in [5, 5.41) is 0. The molecule has 0 aromatic rings. The average molecular weight is 501 g/mol. The SMILES string of the molecule is C=C(C)C(=O)OCC(CCCC)(COC(=O)C(=C)C)C(=O)OCCCCCCS(=O)(=O)O.[NaH]. The number of carbonyl (C=O) groups is 3. The van der Waals surface area contributed by atoms with Crippen LogP contribution in [0.3, 0.4) is 0 Å². The van der Waals surface area contributed by atoms with Crippen molar-refractivity contribution >= 4 is 57.6 Å². The summed E-state index contributed by atoms with van der Waals surface area (Å²) in [7, 11) is -3.98. The van der Waals surface area contributed by atoms with Gasteiger partial charge in [-0.3, -0.25) is 9.35 Å². The molecule has 0 atom stereocenters. The van der Waals surface area contributed by atoms with Crippen LogP contribution in [0.5, 0.6) is 0 Å². The number of hydrogen-bond donors (Lipinski definition) is 1. The Morgan fingerprint density at radius 1 is 0.848 bits per heavy atom. The van der Waals surface area contributed by atoms with E-state index < -0.39 is 33.4 Å². The first-order chi connectivity index (χ1) is 14.8. The fourth-order valence-corrected chi connectivity index (χ4v) is 3.20. The van der Waals surface area contributed by atoms with E-state index in [9.17, 15) is 22.8 Å². The zero-order chi connectivity index (χ0) is 24.8. The van der Waals surface area contributed by atoms with Crippen molar-refractivity contribution in [1.82, 2.24) is 0 Å². The maximum atomic E-state index is 13.0. The molecule has 0 saturated heterocycles.